The predicted octanol–water partition coefficient (Wildman–Crippen LogP) is 2.17. The lowest BCUT2D eigenvalue weighted by molar-refractivity contribution is -0.134. The van der Waals surface area contributed by atoms with Crippen LogP contribution in [0.3, 0.4) is 0 Å². The second-order valence-corrected chi connectivity index (χ2v) is 6.82. The van der Waals surface area contributed by atoms with E-state index in [1.807, 2.05) is 12.1 Å². The van der Waals surface area contributed by atoms with Crippen LogP contribution in [0.1, 0.15) is 18.2 Å². The second kappa shape index (κ2) is 10.6. The van der Waals surface area contributed by atoms with Gasteiger partial charge in [-0.1, -0.05) is 35.3 Å². The van der Waals surface area contributed by atoms with Crippen LogP contribution in [0.4, 0.5) is 0 Å². The fourth-order valence-electron chi connectivity index (χ4n) is 2.33. The molecule has 0 aliphatic heterocycles. The standard InChI is InChI=1S/C19H20Cl2N4O3/c1-13(26)23-9-18(27)24-10-19(28)25(12-15-4-2-3-7-22-15)11-14-5-6-16(20)17(21)8-14/h2-8H,9-12H2,1H3,(H,23,26)(H,24,27). The van der Waals surface area contributed by atoms with Crippen molar-refractivity contribution in [2.24, 2.45) is 0 Å². The first-order valence-corrected chi connectivity index (χ1v) is 9.23. The number of amides is 3. The molecule has 9 heteroatoms. The molecule has 0 radical (unpaired) electrons. The van der Waals surface area contributed by atoms with Crippen molar-refractivity contribution in [2.75, 3.05) is 13.1 Å². The molecule has 0 saturated carbocycles. The summed E-state index contributed by atoms with van der Waals surface area (Å²) in [5.74, 6) is -1.07. The minimum absolute atomic E-state index is 0.185. The van der Waals surface area contributed by atoms with E-state index < -0.39 is 5.91 Å². The molecule has 0 saturated heterocycles. The highest BCUT2D eigenvalue weighted by atomic mass is 35.5. The van der Waals surface area contributed by atoms with Crippen LogP contribution in [-0.2, 0) is 27.5 Å². The number of nitrogens with zero attached hydrogens (tertiary/aromatic N) is 2. The number of nitrogens with one attached hydrogen (secondary N) is 2. The Labute approximate surface area is 173 Å². The second-order valence-electron chi connectivity index (χ2n) is 6.01. The highest BCUT2D eigenvalue weighted by Crippen LogP contribution is 2.23. The average molecular weight is 423 g/mol. The Morgan fingerprint density at radius 2 is 1.79 bits per heavy atom. The maximum absolute atomic E-state index is 12.7. The summed E-state index contributed by atoms with van der Waals surface area (Å²) >= 11 is 12.0. The van der Waals surface area contributed by atoms with E-state index in [4.69, 9.17) is 23.2 Å². The minimum atomic E-state index is -0.448. The smallest absolute Gasteiger partial charge is 0.242 e. The Hall–Kier alpha value is -2.64. The van der Waals surface area contributed by atoms with E-state index in [1.165, 1.54) is 6.92 Å². The van der Waals surface area contributed by atoms with E-state index >= 15 is 0 Å². The summed E-state index contributed by atoms with van der Waals surface area (Å²) in [5, 5.41) is 5.70. The molecule has 1 aromatic heterocycles. The summed E-state index contributed by atoms with van der Waals surface area (Å²) < 4.78 is 0. The largest absolute Gasteiger partial charge is 0.347 e. The lowest BCUT2D eigenvalue weighted by Gasteiger charge is -2.23. The van der Waals surface area contributed by atoms with Gasteiger partial charge in [0, 0.05) is 19.7 Å². The summed E-state index contributed by atoms with van der Waals surface area (Å²) in [6, 6.07) is 10.6. The average Bonchev–Trinajstić information content (AvgIpc) is 2.67. The molecule has 28 heavy (non-hydrogen) atoms. The Bertz CT molecular complexity index is 846. The molecule has 1 heterocycles. The molecule has 1 aromatic carbocycles. The van der Waals surface area contributed by atoms with Gasteiger partial charge in [0.05, 0.1) is 35.4 Å². The van der Waals surface area contributed by atoms with Crippen molar-refractivity contribution >= 4 is 40.9 Å². The van der Waals surface area contributed by atoms with Crippen LogP contribution in [0.25, 0.3) is 0 Å². The summed E-state index contributed by atoms with van der Waals surface area (Å²) in [5.41, 5.74) is 1.50. The van der Waals surface area contributed by atoms with E-state index in [0.29, 0.717) is 15.7 Å². The first-order valence-electron chi connectivity index (χ1n) is 8.48. The van der Waals surface area contributed by atoms with Crippen molar-refractivity contribution in [2.45, 2.75) is 20.0 Å². The Morgan fingerprint density at radius 1 is 1.00 bits per heavy atom. The zero-order valence-corrected chi connectivity index (χ0v) is 16.8. The lowest BCUT2D eigenvalue weighted by atomic mass is 10.2. The van der Waals surface area contributed by atoms with Crippen molar-refractivity contribution in [3.8, 4) is 0 Å². The minimum Gasteiger partial charge on any atom is -0.347 e. The van der Waals surface area contributed by atoms with E-state index in [9.17, 15) is 14.4 Å². The van der Waals surface area contributed by atoms with Gasteiger partial charge in [-0.2, -0.15) is 0 Å². The fourth-order valence-corrected chi connectivity index (χ4v) is 2.65. The molecule has 0 spiro atoms. The van der Waals surface area contributed by atoms with Crippen LogP contribution < -0.4 is 10.6 Å². The number of rotatable bonds is 8. The fraction of sp³-hybridized carbons (Fsp3) is 0.263. The number of carbonyl (C=O) groups is 3. The quantitative estimate of drug-likeness (QED) is 0.681. The Kier molecular flexibility index (Phi) is 8.22. The molecule has 0 aliphatic carbocycles. The molecule has 2 rings (SSSR count). The number of hydrogen-bond acceptors (Lipinski definition) is 4. The molecule has 0 atom stereocenters. The number of hydrogen-bond donors (Lipinski definition) is 2. The predicted molar refractivity (Wildman–Crippen MR) is 107 cm³/mol. The summed E-state index contributed by atoms with van der Waals surface area (Å²) in [6.07, 6.45) is 1.65. The van der Waals surface area contributed by atoms with E-state index in [1.54, 1.807) is 35.4 Å². The first kappa shape index (κ1) is 21.7. The molecular formula is C19H20Cl2N4O3. The Morgan fingerprint density at radius 3 is 2.43 bits per heavy atom. The maximum atomic E-state index is 12.7. The van der Waals surface area contributed by atoms with Gasteiger partial charge in [-0.05, 0) is 29.8 Å². The number of pyridine rings is 1. The van der Waals surface area contributed by atoms with Gasteiger partial charge in [0.1, 0.15) is 0 Å². The van der Waals surface area contributed by atoms with Gasteiger partial charge in [-0.25, -0.2) is 0 Å². The monoisotopic (exact) mass is 422 g/mol. The Balaban J connectivity index is 2.06. The third kappa shape index (κ3) is 7.17. The van der Waals surface area contributed by atoms with Crippen molar-refractivity contribution in [1.29, 1.82) is 0 Å². The molecule has 0 aliphatic rings. The summed E-state index contributed by atoms with van der Waals surface area (Å²) in [6.45, 7) is 1.46. The van der Waals surface area contributed by atoms with Crippen molar-refractivity contribution in [1.82, 2.24) is 20.5 Å². The number of halogens is 2. The number of carbonyl (C=O) groups excluding carboxylic acids is 3. The summed E-state index contributed by atoms with van der Waals surface area (Å²) in [7, 11) is 0. The molecular weight excluding hydrogens is 403 g/mol. The number of benzene rings is 1. The third-order valence-electron chi connectivity index (χ3n) is 3.72. The normalized spacial score (nSPS) is 10.2. The van der Waals surface area contributed by atoms with Gasteiger partial charge in [0.2, 0.25) is 17.7 Å². The van der Waals surface area contributed by atoms with Crippen LogP contribution in [0, 0.1) is 0 Å². The van der Waals surface area contributed by atoms with Crippen molar-refractivity contribution in [3.63, 3.8) is 0 Å². The molecule has 2 aromatic rings. The maximum Gasteiger partial charge on any atom is 0.242 e. The highest BCUT2D eigenvalue weighted by Gasteiger charge is 2.17. The van der Waals surface area contributed by atoms with Gasteiger partial charge in [-0.3, -0.25) is 19.4 Å². The topological polar surface area (TPSA) is 91.4 Å². The van der Waals surface area contributed by atoms with Gasteiger partial charge in [-0.15, -0.1) is 0 Å². The molecule has 7 nitrogen and oxygen atoms in total. The molecule has 0 unspecified atom stereocenters. The van der Waals surface area contributed by atoms with Gasteiger partial charge in [0.25, 0.3) is 0 Å². The van der Waals surface area contributed by atoms with Crippen LogP contribution >= 0.6 is 23.2 Å². The highest BCUT2D eigenvalue weighted by molar-refractivity contribution is 6.42. The zero-order chi connectivity index (χ0) is 20.5. The van der Waals surface area contributed by atoms with E-state index in [2.05, 4.69) is 15.6 Å². The third-order valence-corrected chi connectivity index (χ3v) is 4.46. The van der Waals surface area contributed by atoms with Crippen molar-refractivity contribution in [3.05, 3.63) is 63.9 Å². The molecule has 0 bridgehead atoms. The lowest BCUT2D eigenvalue weighted by Crippen LogP contribution is -2.43. The molecule has 2 N–H and O–H groups in total. The first-order chi connectivity index (χ1) is 13.3. The van der Waals surface area contributed by atoms with Crippen LogP contribution in [0.2, 0.25) is 10.0 Å². The van der Waals surface area contributed by atoms with Gasteiger partial charge in [0.15, 0.2) is 0 Å². The van der Waals surface area contributed by atoms with Gasteiger partial charge >= 0.3 is 0 Å². The summed E-state index contributed by atoms with van der Waals surface area (Å²) in [4.78, 5) is 41.1. The van der Waals surface area contributed by atoms with Gasteiger partial charge < -0.3 is 15.5 Å². The molecule has 148 valence electrons. The molecule has 0 fully saturated rings. The number of aromatic nitrogens is 1. The van der Waals surface area contributed by atoms with Crippen molar-refractivity contribution < 1.29 is 14.4 Å². The van der Waals surface area contributed by atoms with Crippen LogP contribution in [0.15, 0.2) is 42.6 Å². The van der Waals surface area contributed by atoms with Crippen LogP contribution in [0.5, 0.6) is 0 Å². The molecule has 3 amide bonds. The SMILES string of the molecule is CC(=O)NCC(=O)NCC(=O)N(Cc1ccc(Cl)c(Cl)c1)Cc1ccccn1. The van der Waals surface area contributed by atoms with E-state index in [0.717, 1.165) is 5.56 Å². The van der Waals surface area contributed by atoms with E-state index in [-0.39, 0.29) is 38.0 Å². The van der Waals surface area contributed by atoms with Crippen LogP contribution in [-0.4, -0.2) is 40.7 Å². The zero-order valence-electron chi connectivity index (χ0n) is 15.2.